The number of aromatic amines is 1. The van der Waals surface area contributed by atoms with Gasteiger partial charge in [0, 0.05) is 12.5 Å². The van der Waals surface area contributed by atoms with Crippen LogP contribution in [-0.4, -0.2) is 14.8 Å². The molecule has 0 radical (unpaired) electrons. The monoisotopic (exact) mass is 245 g/mol. The first-order valence-electron chi connectivity index (χ1n) is 6.01. The molecule has 0 aliphatic heterocycles. The van der Waals surface area contributed by atoms with Crippen molar-refractivity contribution in [3.05, 3.63) is 46.5 Å². The molecule has 1 aromatic heterocycles. The predicted molar refractivity (Wildman–Crippen MR) is 69.6 cm³/mol. The summed E-state index contributed by atoms with van der Waals surface area (Å²) in [5, 5.41) is 7.27. The lowest BCUT2D eigenvalue weighted by Crippen LogP contribution is -2.01. The molecule has 1 aromatic carbocycles. The first-order chi connectivity index (χ1) is 8.31. The number of nitrogens with one attached hydrogen (secondary N) is 1. The minimum atomic E-state index is 0.533. The first kappa shape index (κ1) is 10.7. The Bertz CT molecular complexity index is 570. The second kappa shape index (κ2) is 4.11. The second-order valence-corrected chi connectivity index (χ2v) is 4.88. The van der Waals surface area contributed by atoms with Crippen molar-refractivity contribution in [2.45, 2.75) is 31.7 Å². The summed E-state index contributed by atoms with van der Waals surface area (Å²) in [4.78, 5) is 0. The van der Waals surface area contributed by atoms with Gasteiger partial charge in [0.05, 0.1) is 0 Å². The molecule has 88 valence electrons. The van der Waals surface area contributed by atoms with E-state index in [0.717, 1.165) is 17.1 Å². The molecule has 1 saturated carbocycles. The maximum absolute atomic E-state index is 5.22. The second-order valence-electron chi connectivity index (χ2n) is 4.49. The molecule has 1 heterocycles. The van der Waals surface area contributed by atoms with E-state index in [9.17, 15) is 0 Å². The average Bonchev–Trinajstić information content (AvgIpc) is 3.08. The van der Waals surface area contributed by atoms with Gasteiger partial charge in [0.1, 0.15) is 5.82 Å². The summed E-state index contributed by atoms with van der Waals surface area (Å²) < 4.78 is 2.84. The van der Waals surface area contributed by atoms with Crippen molar-refractivity contribution in [3.63, 3.8) is 0 Å². The largest absolute Gasteiger partial charge is 0.304 e. The van der Waals surface area contributed by atoms with Crippen LogP contribution >= 0.6 is 12.2 Å². The molecule has 0 spiro atoms. The van der Waals surface area contributed by atoms with Crippen LogP contribution in [0.15, 0.2) is 30.3 Å². The van der Waals surface area contributed by atoms with E-state index in [1.54, 1.807) is 0 Å². The van der Waals surface area contributed by atoms with Crippen molar-refractivity contribution in [2.75, 3.05) is 0 Å². The summed E-state index contributed by atoms with van der Waals surface area (Å²) in [5.41, 5.74) is 1.41. The third kappa shape index (κ3) is 1.82. The molecule has 3 rings (SSSR count). The maximum atomic E-state index is 5.22. The van der Waals surface area contributed by atoms with Gasteiger partial charge < -0.3 is 4.57 Å². The molecule has 0 saturated heterocycles. The van der Waals surface area contributed by atoms with Crippen LogP contribution in [0.1, 0.15) is 36.6 Å². The van der Waals surface area contributed by atoms with Gasteiger partial charge >= 0.3 is 0 Å². The average molecular weight is 245 g/mol. The zero-order valence-corrected chi connectivity index (χ0v) is 10.6. The van der Waals surface area contributed by atoms with Gasteiger partial charge in [0.2, 0.25) is 0 Å². The fourth-order valence-electron chi connectivity index (χ4n) is 2.47. The molecule has 1 fully saturated rings. The highest BCUT2D eigenvalue weighted by atomic mass is 32.1. The van der Waals surface area contributed by atoms with Crippen LogP contribution in [0.3, 0.4) is 0 Å². The lowest BCUT2D eigenvalue weighted by Gasteiger charge is -2.02. The van der Waals surface area contributed by atoms with E-state index in [1.165, 1.54) is 12.0 Å². The van der Waals surface area contributed by atoms with Crippen molar-refractivity contribution >= 4 is 12.2 Å². The highest BCUT2D eigenvalue weighted by Crippen LogP contribution is 2.53. The van der Waals surface area contributed by atoms with Crippen molar-refractivity contribution in [1.29, 1.82) is 0 Å². The molecule has 1 aliphatic rings. The van der Waals surface area contributed by atoms with Gasteiger partial charge in [-0.15, -0.1) is 0 Å². The van der Waals surface area contributed by atoms with Gasteiger partial charge in [-0.3, -0.25) is 5.10 Å². The van der Waals surface area contributed by atoms with Crippen LogP contribution in [0.2, 0.25) is 0 Å². The van der Waals surface area contributed by atoms with Gasteiger partial charge in [-0.2, -0.15) is 5.10 Å². The number of benzene rings is 1. The number of rotatable bonds is 3. The summed E-state index contributed by atoms with van der Waals surface area (Å²) in [7, 11) is 0. The molecule has 3 nitrogen and oxygen atoms in total. The number of hydrogen-bond acceptors (Lipinski definition) is 2. The number of aromatic nitrogens is 3. The molecule has 4 heteroatoms. The van der Waals surface area contributed by atoms with E-state index >= 15 is 0 Å². The topological polar surface area (TPSA) is 33.6 Å². The SMILES string of the molecule is CCn1c(C2CC2c2ccccc2)n[nH]c1=S. The zero-order chi connectivity index (χ0) is 11.8. The van der Waals surface area contributed by atoms with E-state index in [0.29, 0.717) is 11.8 Å². The third-order valence-electron chi connectivity index (χ3n) is 3.45. The molecule has 1 N–H and O–H groups in total. The predicted octanol–water partition coefficient (Wildman–Crippen LogP) is 3.23. The van der Waals surface area contributed by atoms with E-state index in [2.05, 4.69) is 52.0 Å². The van der Waals surface area contributed by atoms with Crippen LogP contribution in [0, 0.1) is 4.77 Å². The maximum Gasteiger partial charge on any atom is 0.195 e. The van der Waals surface area contributed by atoms with E-state index in [-0.39, 0.29) is 0 Å². The first-order valence-corrected chi connectivity index (χ1v) is 6.42. The summed E-state index contributed by atoms with van der Waals surface area (Å²) in [6, 6.07) is 10.6. The Labute approximate surface area is 105 Å². The highest BCUT2D eigenvalue weighted by Gasteiger charge is 2.42. The molecule has 0 amide bonds. The van der Waals surface area contributed by atoms with Crippen molar-refractivity contribution in [3.8, 4) is 0 Å². The molecule has 17 heavy (non-hydrogen) atoms. The fraction of sp³-hybridized carbons (Fsp3) is 0.385. The Hall–Kier alpha value is -1.42. The standard InChI is InChI=1S/C13H15N3S/c1-2-16-12(14-15-13(16)17)11-8-10(11)9-6-4-3-5-7-9/h3-7,10-11H,2,8H2,1H3,(H,15,17). The van der Waals surface area contributed by atoms with E-state index < -0.39 is 0 Å². The number of H-pyrrole nitrogens is 1. The van der Waals surface area contributed by atoms with Crippen LogP contribution < -0.4 is 0 Å². The van der Waals surface area contributed by atoms with Crippen LogP contribution in [0.4, 0.5) is 0 Å². The lowest BCUT2D eigenvalue weighted by molar-refractivity contribution is 0.687. The molecule has 1 aliphatic carbocycles. The molecule has 2 atom stereocenters. The molecular weight excluding hydrogens is 230 g/mol. The summed E-state index contributed by atoms with van der Waals surface area (Å²) >= 11 is 5.22. The van der Waals surface area contributed by atoms with Crippen LogP contribution in [-0.2, 0) is 6.54 Å². The Morgan fingerprint density at radius 2 is 2.12 bits per heavy atom. The quantitative estimate of drug-likeness (QED) is 0.842. The molecule has 0 bridgehead atoms. The minimum Gasteiger partial charge on any atom is -0.304 e. The van der Waals surface area contributed by atoms with Gasteiger partial charge in [-0.25, -0.2) is 0 Å². The molecule has 2 unspecified atom stereocenters. The van der Waals surface area contributed by atoms with Crippen molar-refractivity contribution < 1.29 is 0 Å². The van der Waals surface area contributed by atoms with E-state index in [4.69, 9.17) is 12.2 Å². The zero-order valence-electron chi connectivity index (χ0n) is 9.76. The smallest absolute Gasteiger partial charge is 0.195 e. The fourth-order valence-corrected chi connectivity index (χ4v) is 2.74. The van der Waals surface area contributed by atoms with Crippen LogP contribution in [0.5, 0.6) is 0 Å². The Kier molecular flexibility index (Phi) is 2.59. The molecular formula is C13H15N3S. The van der Waals surface area contributed by atoms with Gasteiger partial charge in [0.25, 0.3) is 0 Å². The van der Waals surface area contributed by atoms with Crippen LogP contribution in [0.25, 0.3) is 0 Å². The van der Waals surface area contributed by atoms with Crippen molar-refractivity contribution in [2.24, 2.45) is 0 Å². The normalized spacial score (nSPS) is 22.6. The Morgan fingerprint density at radius 3 is 2.82 bits per heavy atom. The minimum absolute atomic E-state index is 0.533. The molecule has 2 aromatic rings. The highest BCUT2D eigenvalue weighted by molar-refractivity contribution is 7.71. The van der Waals surface area contributed by atoms with Gasteiger partial charge in [0.15, 0.2) is 4.77 Å². The Morgan fingerprint density at radius 1 is 1.35 bits per heavy atom. The van der Waals surface area contributed by atoms with Crippen molar-refractivity contribution in [1.82, 2.24) is 14.8 Å². The summed E-state index contributed by atoms with van der Waals surface area (Å²) in [5.74, 6) is 2.27. The summed E-state index contributed by atoms with van der Waals surface area (Å²) in [6.45, 7) is 3.00. The number of nitrogens with zero attached hydrogens (tertiary/aromatic N) is 2. The Balaban J connectivity index is 1.87. The van der Waals surface area contributed by atoms with E-state index in [1.807, 2.05) is 0 Å². The van der Waals surface area contributed by atoms with Gasteiger partial charge in [-0.05, 0) is 37.0 Å². The summed E-state index contributed by atoms with van der Waals surface area (Å²) in [6.07, 6.45) is 1.18. The lowest BCUT2D eigenvalue weighted by atomic mass is 10.1. The third-order valence-corrected chi connectivity index (χ3v) is 3.77. The van der Waals surface area contributed by atoms with Gasteiger partial charge in [-0.1, -0.05) is 30.3 Å². The number of hydrogen-bond donors (Lipinski definition) is 1.